The van der Waals surface area contributed by atoms with E-state index < -0.39 is 10.8 Å². The molecule has 1 aliphatic rings. The van der Waals surface area contributed by atoms with Gasteiger partial charge in [-0.05, 0) is 55.5 Å². The van der Waals surface area contributed by atoms with Crippen LogP contribution in [-0.4, -0.2) is 27.8 Å². The minimum absolute atomic E-state index is 0.0547. The second-order valence-electron chi connectivity index (χ2n) is 8.13. The number of nitrogens with one attached hydrogen (secondary N) is 2. The van der Waals surface area contributed by atoms with Crippen molar-refractivity contribution in [3.8, 4) is 5.88 Å². The first kappa shape index (κ1) is 24.2. The van der Waals surface area contributed by atoms with Gasteiger partial charge in [-0.2, -0.15) is 0 Å². The number of nitrogens with zero attached hydrogens (tertiary/aromatic N) is 2. The quantitative estimate of drug-likeness (QED) is 0.330. The molecule has 35 heavy (non-hydrogen) atoms. The number of hydrogen-bond acceptors (Lipinski definition) is 6. The number of para-hydroxylation sites is 1. The zero-order valence-corrected chi connectivity index (χ0v) is 19.5. The minimum Gasteiger partial charge on any atom is -0.474 e. The summed E-state index contributed by atoms with van der Waals surface area (Å²) in [4.78, 5) is 40.2. The predicted octanol–water partition coefficient (Wildman–Crippen LogP) is 5.15. The summed E-state index contributed by atoms with van der Waals surface area (Å²) in [6.07, 6.45) is 6.20. The number of pyridine rings is 1. The van der Waals surface area contributed by atoms with E-state index in [0.717, 1.165) is 37.3 Å². The van der Waals surface area contributed by atoms with E-state index in [9.17, 15) is 19.7 Å². The Morgan fingerprint density at radius 2 is 1.83 bits per heavy atom. The molecule has 1 aliphatic carbocycles. The van der Waals surface area contributed by atoms with Crippen LogP contribution in [0.3, 0.4) is 0 Å². The Labute approximate surface area is 206 Å². The molecule has 2 N–H and O–H groups in total. The van der Waals surface area contributed by atoms with Crippen molar-refractivity contribution in [1.82, 2.24) is 10.3 Å². The van der Waals surface area contributed by atoms with E-state index in [4.69, 9.17) is 16.3 Å². The van der Waals surface area contributed by atoms with Gasteiger partial charge >= 0.3 is 0 Å². The van der Waals surface area contributed by atoms with Crippen LogP contribution in [0, 0.1) is 10.1 Å². The van der Waals surface area contributed by atoms with E-state index in [1.54, 1.807) is 36.5 Å². The summed E-state index contributed by atoms with van der Waals surface area (Å²) in [6.45, 7) is 0.249. The van der Waals surface area contributed by atoms with Gasteiger partial charge in [0.1, 0.15) is 6.10 Å². The van der Waals surface area contributed by atoms with Crippen LogP contribution in [0.25, 0.3) is 0 Å². The van der Waals surface area contributed by atoms with Crippen molar-refractivity contribution in [2.45, 2.75) is 38.3 Å². The zero-order chi connectivity index (χ0) is 24.8. The second kappa shape index (κ2) is 11.0. The van der Waals surface area contributed by atoms with Gasteiger partial charge in [-0.25, -0.2) is 4.98 Å². The van der Waals surface area contributed by atoms with Crippen LogP contribution < -0.4 is 15.4 Å². The van der Waals surface area contributed by atoms with E-state index >= 15 is 0 Å². The number of ether oxygens (including phenoxy) is 1. The maximum atomic E-state index is 12.9. The highest BCUT2D eigenvalue weighted by atomic mass is 35.5. The molecule has 0 radical (unpaired) electrons. The number of nitro groups is 1. The second-order valence-corrected chi connectivity index (χ2v) is 8.54. The maximum absolute atomic E-state index is 12.9. The molecule has 10 heteroatoms. The van der Waals surface area contributed by atoms with Gasteiger partial charge in [0.15, 0.2) is 0 Å². The van der Waals surface area contributed by atoms with Crippen LogP contribution in [0.5, 0.6) is 5.88 Å². The van der Waals surface area contributed by atoms with Crippen molar-refractivity contribution in [2.24, 2.45) is 0 Å². The van der Waals surface area contributed by atoms with Crippen LogP contribution in [-0.2, 0) is 6.54 Å². The normalized spacial score (nSPS) is 13.3. The third-order valence-corrected chi connectivity index (χ3v) is 5.98. The fraction of sp³-hybridized carbons (Fsp3) is 0.240. The number of non-ortho nitro benzene ring substituents is 1. The predicted molar refractivity (Wildman–Crippen MR) is 131 cm³/mol. The Kier molecular flexibility index (Phi) is 7.57. The lowest BCUT2D eigenvalue weighted by atomic mass is 10.1. The summed E-state index contributed by atoms with van der Waals surface area (Å²) >= 11 is 6.06. The number of aromatic nitrogens is 1. The Bertz CT molecular complexity index is 1260. The van der Waals surface area contributed by atoms with Crippen LogP contribution in [0.15, 0.2) is 60.8 Å². The van der Waals surface area contributed by atoms with Crippen LogP contribution in [0.1, 0.15) is 52.0 Å². The molecule has 9 nitrogen and oxygen atoms in total. The monoisotopic (exact) mass is 494 g/mol. The molecule has 0 aliphatic heterocycles. The van der Waals surface area contributed by atoms with E-state index in [2.05, 4.69) is 15.6 Å². The van der Waals surface area contributed by atoms with Crippen molar-refractivity contribution >= 4 is 34.8 Å². The van der Waals surface area contributed by atoms with Gasteiger partial charge in [0.25, 0.3) is 17.5 Å². The highest BCUT2D eigenvalue weighted by Crippen LogP contribution is 2.25. The van der Waals surface area contributed by atoms with Crippen LogP contribution in [0.4, 0.5) is 11.4 Å². The summed E-state index contributed by atoms with van der Waals surface area (Å²) in [5.74, 6) is -0.435. The molecule has 0 atom stereocenters. The van der Waals surface area contributed by atoms with Crippen LogP contribution in [0.2, 0.25) is 5.02 Å². The average molecular weight is 495 g/mol. The molecular weight excluding hydrogens is 472 g/mol. The molecule has 0 spiro atoms. The molecule has 4 rings (SSSR count). The minimum atomic E-state index is -0.597. The van der Waals surface area contributed by atoms with Crippen LogP contribution >= 0.6 is 11.6 Å². The Hall–Kier alpha value is -3.98. The molecule has 1 heterocycles. The molecule has 1 saturated carbocycles. The number of anilines is 1. The number of rotatable bonds is 8. The SMILES string of the molecule is O=C(Nc1ccccc1C(=O)NCc1ccnc(OC2CCCC2)c1)c1ccc([N+](=O)[O-])cc1Cl. The van der Waals surface area contributed by atoms with Crippen molar-refractivity contribution in [2.75, 3.05) is 5.32 Å². The average Bonchev–Trinajstić information content (AvgIpc) is 3.36. The maximum Gasteiger partial charge on any atom is 0.270 e. The van der Waals surface area contributed by atoms with Gasteiger partial charge in [-0.15, -0.1) is 0 Å². The lowest BCUT2D eigenvalue weighted by Crippen LogP contribution is -2.25. The summed E-state index contributed by atoms with van der Waals surface area (Å²) < 4.78 is 5.92. The first-order valence-corrected chi connectivity index (χ1v) is 11.5. The molecule has 3 aromatic rings. The first-order chi connectivity index (χ1) is 16.9. The van der Waals surface area contributed by atoms with E-state index in [-0.39, 0.29) is 46.1 Å². The zero-order valence-electron chi connectivity index (χ0n) is 18.7. The number of amides is 2. The summed E-state index contributed by atoms with van der Waals surface area (Å²) in [5.41, 5.74) is 1.21. The largest absolute Gasteiger partial charge is 0.474 e. The summed E-state index contributed by atoms with van der Waals surface area (Å²) in [5, 5.41) is 16.3. The first-order valence-electron chi connectivity index (χ1n) is 11.1. The number of benzene rings is 2. The molecule has 0 unspecified atom stereocenters. The lowest BCUT2D eigenvalue weighted by Gasteiger charge is -2.14. The molecule has 0 bridgehead atoms. The Morgan fingerprint density at radius 3 is 2.57 bits per heavy atom. The Morgan fingerprint density at radius 1 is 1.06 bits per heavy atom. The topological polar surface area (TPSA) is 123 Å². The van der Waals surface area contributed by atoms with E-state index in [1.165, 1.54) is 12.1 Å². The molecular formula is C25H23ClN4O5. The van der Waals surface area contributed by atoms with Crippen molar-refractivity contribution in [1.29, 1.82) is 0 Å². The molecule has 0 saturated heterocycles. The summed E-state index contributed by atoms with van der Waals surface area (Å²) in [7, 11) is 0. The molecule has 180 valence electrons. The van der Waals surface area contributed by atoms with Gasteiger partial charge in [0, 0.05) is 30.9 Å². The third kappa shape index (κ3) is 6.13. The lowest BCUT2D eigenvalue weighted by molar-refractivity contribution is -0.384. The van der Waals surface area contributed by atoms with E-state index in [1.807, 2.05) is 6.07 Å². The molecule has 2 aromatic carbocycles. The van der Waals surface area contributed by atoms with Crippen molar-refractivity contribution in [3.63, 3.8) is 0 Å². The van der Waals surface area contributed by atoms with Gasteiger partial charge < -0.3 is 15.4 Å². The molecule has 2 amide bonds. The number of carbonyl (C=O) groups excluding carboxylic acids is 2. The van der Waals surface area contributed by atoms with Gasteiger partial charge in [-0.1, -0.05) is 23.7 Å². The van der Waals surface area contributed by atoms with Gasteiger partial charge in [0.05, 0.1) is 26.8 Å². The third-order valence-electron chi connectivity index (χ3n) is 5.67. The number of halogens is 1. The van der Waals surface area contributed by atoms with Gasteiger partial charge in [-0.3, -0.25) is 19.7 Å². The standard InChI is InChI=1S/C25H23ClN4O5/c26-21-14-17(30(33)34)9-10-19(21)25(32)29-22-8-4-3-7-20(22)24(31)28-15-16-11-12-27-23(13-16)35-18-5-1-2-6-18/h3-4,7-14,18H,1-2,5-6,15H2,(H,28,31)(H,29,32). The fourth-order valence-electron chi connectivity index (χ4n) is 3.86. The van der Waals surface area contributed by atoms with Gasteiger partial charge in [0.2, 0.25) is 5.88 Å². The highest BCUT2D eigenvalue weighted by Gasteiger charge is 2.19. The number of hydrogen-bond donors (Lipinski definition) is 2. The summed E-state index contributed by atoms with van der Waals surface area (Å²) in [6, 6.07) is 13.7. The number of carbonyl (C=O) groups is 2. The highest BCUT2D eigenvalue weighted by molar-refractivity contribution is 6.34. The smallest absolute Gasteiger partial charge is 0.270 e. The molecule has 1 aromatic heterocycles. The van der Waals surface area contributed by atoms with Crippen molar-refractivity contribution in [3.05, 3.63) is 92.6 Å². The Balaban J connectivity index is 1.42. The molecule has 1 fully saturated rings. The number of nitro benzene ring substituents is 1. The van der Waals surface area contributed by atoms with Crippen molar-refractivity contribution < 1.29 is 19.2 Å². The fourth-order valence-corrected chi connectivity index (χ4v) is 4.12. The van der Waals surface area contributed by atoms with E-state index in [0.29, 0.717) is 5.88 Å².